The maximum absolute atomic E-state index is 6.57. The maximum Gasteiger partial charge on any atom is 0.280 e. The average molecular weight is 427 g/mol. The highest BCUT2D eigenvalue weighted by atomic mass is 16.7. The molecule has 0 amide bonds. The molecule has 1 unspecified atom stereocenters. The number of allylic oxidation sites excluding steroid dienone is 2. The Bertz CT molecular complexity index is 1140. The molecule has 32 heavy (non-hydrogen) atoms. The largest absolute Gasteiger partial charge is 0.448 e. The minimum atomic E-state index is -1.04. The van der Waals surface area contributed by atoms with Crippen LogP contribution < -0.4 is 20.9 Å². The summed E-state index contributed by atoms with van der Waals surface area (Å²) in [6, 6.07) is 21.4. The standard InChI is InChI=1S/C28H30N2O2/c1-18-11-19(2)13-22(12-18)23-14-20(3)28(21(4)15-23,31-26-9-5-7-24(29)16-26)32-27-10-6-8-25(30)17-27/h5-17,20H,29-30H2,1-4H3. The third-order valence-corrected chi connectivity index (χ3v) is 5.76. The lowest BCUT2D eigenvalue weighted by atomic mass is 9.83. The molecule has 0 radical (unpaired) electrons. The van der Waals surface area contributed by atoms with Crippen molar-refractivity contribution in [3.63, 3.8) is 0 Å². The number of rotatable bonds is 5. The monoisotopic (exact) mass is 426 g/mol. The van der Waals surface area contributed by atoms with Crippen molar-refractivity contribution in [3.8, 4) is 11.5 Å². The summed E-state index contributed by atoms with van der Waals surface area (Å²) in [7, 11) is 0. The maximum atomic E-state index is 6.57. The third-order valence-electron chi connectivity index (χ3n) is 5.76. The van der Waals surface area contributed by atoms with Crippen LogP contribution in [0.2, 0.25) is 0 Å². The number of benzene rings is 3. The Kier molecular flexibility index (Phi) is 5.70. The number of anilines is 2. The molecular formula is C28H30N2O2. The van der Waals surface area contributed by atoms with Crippen LogP contribution in [0.25, 0.3) is 5.57 Å². The highest BCUT2D eigenvalue weighted by molar-refractivity contribution is 5.77. The van der Waals surface area contributed by atoms with Crippen molar-refractivity contribution in [1.82, 2.24) is 0 Å². The summed E-state index contributed by atoms with van der Waals surface area (Å²) in [6.45, 7) is 8.40. The van der Waals surface area contributed by atoms with Gasteiger partial charge in [-0.15, -0.1) is 0 Å². The number of ether oxygens (including phenoxy) is 2. The summed E-state index contributed by atoms with van der Waals surface area (Å²) in [4.78, 5) is 0. The molecule has 0 spiro atoms. The van der Waals surface area contributed by atoms with Gasteiger partial charge in [-0.1, -0.05) is 54.5 Å². The number of aryl methyl sites for hydroxylation is 2. The molecule has 3 aromatic rings. The highest BCUT2D eigenvalue weighted by Gasteiger charge is 2.45. The molecule has 1 aliphatic rings. The molecule has 0 aliphatic heterocycles. The normalized spacial score (nSPS) is 17.3. The van der Waals surface area contributed by atoms with E-state index in [9.17, 15) is 0 Å². The predicted molar refractivity (Wildman–Crippen MR) is 133 cm³/mol. The number of nitrogens with two attached hydrogens (primary N) is 2. The SMILES string of the molecule is CC1=CC(c2cc(C)cc(C)c2)=CC(C)C1(Oc1cccc(N)c1)Oc1cccc(N)c1. The summed E-state index contributed by atoms with van der Waals surface area (Å²) >= 11 is 0. The highest BCUT2D eigenvalue weighted by Crippen LogP contribution is 2.42. The molecule has 0 aromatic heterocycles. The van der Waals surface area contributed by atoms with Crippen LogP contribution in [0.1, 0.15) is 30.5 Å². The van der Waals surface area contributed by atoms with Gasteiger partial charge in [-0.3, -0.25) is 0 Å². The van der Waals surface area contributed by atoms with Gasteiger partial charge in [0, 0.05) is 29.1 Å². The van der Waals surface area contributed by atoms with Gasteiger partial charge in [0.15, 0.2) is 0 Å². The lowest BCUT2D eigenvalue weighted by Gasteiger charge is -2.41. The zero-order chi connectivity index (χ0) is 22.9. The molecule has 1 aliphatic carbocycles. The molecule has 164 valence electrons. The van der Waals surface area contributed by atoms with Crippen LogP contribution in [0.5, 0.6) is 11.5 Å². The van der Waals surface area contributed by atoms with Gasteiger partial charge in [0.2, 0.25) is 0 Å². The zero-order valence-corrected chi connectivity index (χ0v) is 19.1. The Morgan fingerprint density at radius 1 is 0.750 bits per heavy atom. The fraction of sp³-hybridized carbons (Fsp3) is 0.214. The summed E-state index contributed by atoms with van der Waals surface area (Å²) in [5.41, 5.74) is 19.1. The van der Waals surface area contributed by atoms with Crippen LogP contribution in [0.4, 0.5) is 11.4 Å². The lowest BCUT2D eigenvalue weighted by Crippen LogP contribution is -2.50. The van der Waals surface area contributed by atoms with Gasteiger partial charge in [0.05, 0.1) is 5.92 Å². The third kappa shape index (κ3) is 4.35. The van der Waals surface area contributed by atoms with E-state index in [1.165, 1.54) is 16.7 Å². The van der Waals surface area contributed by atoms with Crippen molar-refractivity contribution >= 4 is 16.9 Å². The van der Waals surface area contributed by atoms with Crippen LogP contribution in [0, 0.1) is 19.8 Å². The van der Waals surface area contributed by atoms with E-state index in [4.69, 9.17) is 20.9 Å². The Morgan fingerprint density at radius 3 is 1.75 bits per heavy atom. The van der Waals surface area contributed by atoms with Crippen molar-refractivity contribution < 1.29 is 9.47 Å². The first-order valence-electron chi connectivity index (χ1n) is 10.8. The van der Waals surface area contributed by atoms with E-state index < -0.39 is 5.79 Å². The van der Waals surface area contributed by atoms with Crippen molar-refractivity contribution in [2.24, 2.45) is 5.92 Å². The number of hydrogen-bond donors (Lipinski definition) is 2. The first-order valence-corrected chi connectivity index (χ1v) is 10.8. The van der Waals surface area contributed by atoms with E-state index in [0.717, 1.165) is 11.1 Å². The van der Waals surface area contributed by atoms with E-state index in [1.54, 1.807) is 0 Å². The Morgan fingerprint density at radius 2 is 1.28 bits per heavy atom. The molecule has 3 aromatic carbocycles. The van der Waals surface area contributed by atoms with E-state index in [-0.39, 0.29) is 5.92 Å². The molecule has 0 heterocycles. The van der Waals surface area contributed by atoms with E-state index in [2.05, 4.69) is 51.1 Å². The minimum Gasteiger partial charge on any atom is -0.448 e. The fourth-order valence-electron chi connectivity index (χ4n) is 4.31. The molecule has 0 saturated heterocycles. The lowest BCUT2D eigenvalue weighted by molar-refractivity contribution is -0.108. The summed E-state index contributed by atoms with van der Waals surface area (Å²) in [5, 5.41) is 0. The van der Waals surface area contributed by atoms with Crippen LogP contribution in [-0.4, -0.2) is 5.79 Å². The van der Waals surface area contributed by atoms with Gasteiger partial charge >= 0.3 is 0 Å². The van der Waals surface area contributed by atoms with E-state index in [0.29, 0.717) is 22.9 Å². The minimum absolute atomic E-state index is 0.0915. The van der Waals surface area contributed by atoms with Crippen molar-refractivity contribution in [2.45, 2.75) is 33.5 Å². The first-order chi connectivity index (χ1) is 15.2. The van der Waals surface area contributed by atoms with Crippen LogP contribution >= 0.6 is 0 Å². The number of hydrogen-bond acceptors (Lipinski definition) is 4. The predicted octanol–water partition coefficient (Wildman–Crippen LogP) is 6.30. The Balaban J connectivity index is 1.78. The average Bonchev–Trinajstić information content (AvgIpc) is 2.71. The molecule has 4 rings (SSSR count). The van der Waals surface area contributed by atoms with Crippen molar-refractivity contribution in [1.29, 1.82) is 0 Å². The quantitative estimate of drug-likeness (QED) is 0.371. The molecular weight excluding hydrogens is 396 g/mol. The van der Waals surface area contributed by atoms with Crippen LogP contribution in [0.3, 0.4) is 0 Å². The molecule has 0 bridgehead atoms. The second-order valence-corrected chi connectivity index (χ2v) is 8.63. The number of nitrogen functional groups attached to an aromatic ring is 2. The van der Waals surface area contributed by atoms with E-state index in [1.807, 2.05) is 55.5 Å². The first kappa shape index (κ1) is 21.6. The molecule has 0 fully saturated rings. The van der Waals surface area contributed by atoms with Gasteiger partial charge in [-0.05, 0) is 62.2 Å². The van der Waals surface area contributed by atoms with Gasteiger partial charge in [0.25, 0.3) is 5.79 Å². The van der Waals surface area contributed by atoms with Gasteiger partial charge in [-0.2, -0.15) is 0 Å². The van der Waals surface area contributed by atoms with Crippen LogP contribution in [-0.2, 0) is 0 Å². The van der Waals surface area contributed by atoms with E-state index >= 15 is 0 Å². The summed E-state index contributed by atoms with van der Waals surface area (Å²) in [6.07, 6.45) is 4.35. The molecule has 4 N–H and O–H groups in total. The Labute approximate surface area is 190 Å². The zero-order valence-electron chi connectivity index (χ0n) is 19.1. The Hall–Kier alpha value is -3.66. The molecule has 0 saturated carbocycles. The van der Waals surface area contributed by atoms with Gasteiger partial charge in [-0.25, -0.2) is 0 Å². The second kappa shape index (κ2) is 8.46. The smallest absolute Gasteiger partial charge is 0.280 e. The molecule has 4 nitrogen and oxygen atoms in total. The second-order valence-electron chi connectivity index (χ2n) is 8.63. The molecule has 4 heteroatoms. The molecule has 1 atom stereocenters. The van der Waals surface area contributed by atoms with Crippen molar-refractivity contribution in [2.75, 3.05) is 11.5 Å². The van der Waals surface area contributed by atoms with Gasteiger partial charge in [0.1, 0.15) is 11.5 Å². The topological polar surface area (TPSA) is 70.5 Å². The summed E-state index contributed by atoms with van der Waals surface area (Å²) in [5.74, 6) is 0.170. The fourth-order valence-corrected chi connectivity index (χ4v) is 4.31. The van der Waals surface area contributed by atoms with Crippen molar-refractivity contribution in [3.05, 3.63) is 101 Å². The van der Waals surface area contributed by atoms with Crippen LogP contribution in [0.15, 0.2) is 84.5 Å². The summed E-state index contributed by atoms with van der Waals surface area (Å²) < 4.78 is 13.1. The van der Waals surface area contributed by atoms with Gasteiger partial charge < -0.3 is 20.9 Å².